The van der Waals surface area contributed by atoms with Crippen molar-refractivity contribution in [2.24, 2.45) is 0 Å². The molecule has 1 heterocycles. The van der Waals surface area contributed by atoms with E-state index < -0.39 is 0 Å². The summed E-state index contributed by atoms with van der Waals surface area (Å²) < 4.78 is 1.68. The lowest BCUT2D eigenvalue weighted by Gasteiger charge is -2.17. The second-order valence-corrected chi connectivity index (χ2v) is 8.10. The Labute approximate surface area is 190 Å². The van der Waals surface area contributed by atoms with Gasteiger partial charge in [-0.05, 0) is 45.2 Å². The van der Waals surface area contributed by atoms with E-state index in [1.165, 1.54) is 0 Å². The lowest BCUT2D eigenvalue weighted by molar-refractivity contribution is -0.119. The Bertz CT molecular complexity index is 1080. The van der Waals surface area contributed by atoms with Crippen molar-refractivity contribution in [3.63, 3.8) is 0 Å². The van der Waals surface area contributed by atoms with Gasteiger partial charge < -0.3 is 10.6 Å². The summed E-state index contributed by atoms with van der Waals surface area (Å²) in [5, 5.41) is 10.7. The molecule has 2 aromatic carbocycles. The highest BCUT2D eigenvalue weighted by Crippen LogP contribution is 2.29. The van der Waals surface area contributed by atoms with Crippen LogP contribution in [0.1, 0.15) is 11.3 Å². The predicted molar refractivity (Wildman–Crippen MR) is 124 cm³/mol. The Morgan fingerprint density at radius 3 is 2.16 bits per heavy atom. The first-order valence-electron chi connectivity index (χ1n) is 9.59. The minimum absolute atomic E-state index is 0.00871. The third-order valence-corrected chi connectivity index (χ3v) is 5.06. The zero-order valence-electron chi connectivity index (χ0n) is 17.4. The molecule has 0 radical (unpaired) electrons. The van der Waals surface area contributed by atoms with Crippen LogP contribution in [-0.2, 0) is 9.59 Å². The highest BCUT2D eigenvalue weighted by Gasteiger charge is 2.16. The average molecular weight is 460 g/mol. The Balaban J connectivity index is 1.60. The van der Waals surface area contributed by atoms with E-state index in [1.807, 2.05) is 38.1 Å². The highest BCUT2D eigenvalue weighted by molar-refractivity contribution is 6.39. The summed E-state index contributed by atoms with van der Waals surface area (Å²) in [5.41, 5.74) is 3.11. The molecule has 1 aromatic heterocycles. The molecule has 31 heavy (non-hydrogen) atoms. The van der Waals surface area contributed by atoms with Crippen LogP contribution >= 0.6 is 23.2 Å². The lowest BCUT2D eigenvalue weighted by Crippen LogP contribution is -2.36. The zero-order chi connectivity index (χ0) is 22.5. The molecule has 2 N–H and O–H groups in total. The maximum Gasteiger partial charge on any atom is 0.239 e. The largest absolute Gasteiger partial charge is 0.322 e. The van der Waals surface area contributed by atoms with Crippen molar-refractivity contribution in [2.75, 3.05) is 30.8 Å². The van der Waals surface area contributed by atoms with Crippen LogP contribution < -0.4 is 10.6 Å². The fraction of sp³-hybridized carbons (Fsp3) is 0.227. The number of likely N-dealkylation sites (N-methyl/N-ethyl adjacent to an activating group) is 1. The Hall–Kier alpha value is -2.87. The summed E-state index contributed by atoms with van der Waals surface area (Å²) >= 11 is 12.2. The van der Waals surface area contributed by atoms with Gasteiger partial charge in [0.1, 0.15) is 5.82 Å². The Morgan fingerprint density at radius 2 is 1.55 bits per heavy atom. The number of para-hydroxylation sites is 1. The van der Waals surface area contributed by atoms with Crippen LogP contribution in [-0.4, -0.2) is 46.6 Å². The zero-order valence-corrected chi connectivity index (χ0v) is 19.0. The van der Waals surface area contributed by atoms with Gasteiger partial charge in [-0.2, -0.15) is 5.10 Å². The number of rotatable bonds is 7. The SMILES string of the molecule is Cc1ccc(-n2nc(C)cc2NC(=O)CN(C)CC(=O)Nc2c(Cl)cccc2Cl)cc1. The third-order valence-electron chi connectivity index (χ3n) is 4.43. The molecule has 0 fully saturated rings. The second kappa shape index (κ2) is 9.96. The molecule has 3 rings (SSSR count). The fourth-order valence-electron chi connectivity index (χ4n) is 3.00. The number of hydrogen-bond acceptors (Lipinski definition) is 4. The minimum atomic E-state index is -0.328. The molecule has 3 aromatic rings. The monoisotopic (exact) mass is 459 g/mol. The molecule has 0 bridgehead atoms. The fourth-order valence-corrected chi connectivity index (χ4v) is 3.49. The van der Waals surface area contributed by atoms with Gasteiger partial charge in [-0.25, -0.2) is 4.68 Å². The van der Waals surface area contributed by atoms with Gasteiger partial charge in [0, 0.05) is 6.07 Å². The van der Waals surface area contributed by atoms with E-state index in [2.05, 4.69) is 15.7 Å². The molecule has 0 spiro atoms. The van der Waals surface area contributed by atoms with E-state index in [0.717, 1.165) is 16.9 Å². The van der Waals surface area contributed by atoms with Crippen molar-refractivity contribution in [1.82, 2.24) is 14.7 Å². The van der Waals surface area contributed by atoms with Gasteiger partial charge in [-0.15, -0.1) is 0 Å². The molecule has 0 aliphatic carbocycles. The molecular formula is C22H23Cl2N5O2. The average Bonchev–Trinajstić information content (AvgIpc) is 3.05. The summed E-state index contributed by atoms with van der Waals surface area (Å²) in [7, 11) is 1.68. The van der Waals surface area contributed by atoms with Gasteiger partial charge in [0.2, 0.25) is 11.8 Å². The first-order chi connectivity index (χ1) is 14.7. The van der Waals surface area contributed by atoms with Crippen LogP contribution in [0.3, 0.4) is 0 Å². The maximum absolute atomic E-state index is 12.6. The van der Waals surface area contributed by atoms with Crippen molar-refractivity contribution in [2.45, 2.75) is 13.8 Å². The third kappa shape index (κ3) is 6.07. The lowest BCUT2D eigenvalue weighted by atomic mass is 10.2. The number of nitrogens with zero attached hydrogens (tertiary/aromatic N) is 3. The number of benzene rings is 2. The van der Waals surface area contributed by atoms with E-state index in [1.54, 1.807) is 40.9 Å². The Morgan fingerprint density at radius 1 is 0.968 bits per heavy atom. The predicted octanol–water partition coefficient (Wildman–Crippen LogP) is 4.30. The number of aromatic nitrogens is 2. The number of anilines is 2. The van der Waals surface area contributed by atoms with Gasteiger partial charge in [0.05, 0.1) is 40.2 Å². The maximum atomic E-state index is 12.6. The molecule has 2 amide bonds. The quantitative estimate of drug-likeness (QED) is 0.551. The summed E-state index contributed by atoms with van der Waals surface area (Å²) in [6, 6.07) is 14.6. The van der Waals surface area contributed by atoms with E-state index in [-0.39, 0.29) is 24.9 Å². The van der Waals surface area contributed by atoms with Crippen LogP contribution in [0, 0.1) is 13.8 Å². The number of nitrogens with one attached hydrogen (secondary N) is 2. The molecule has 0 saturated heterocycles. The number of carbonyl (C=O) groups excluding carboxylic acids is 2. The minimum Gasteiger partial charge on any atom is -0.322 e. The van der Waals surface area contributed by atoms with Gasteiger partial charge >= 0.3 is 0 Å². The van der Waals surface area contributed by atoms with Crippen molar-refractivity contribution < 1.29 is 9.59 Å². The van der Waals surface area contributed by atoms with Gasteiger partial charge in [0.25, 0.3) is 0 Å². The number of hydrogen-bond donors (Lipinski definition) is 2. The van der Waals surface area contributed by atoms with E-state index in [9.17, 15) is 9.59 Å². The standard InChI is InChI=1S/C22H23Cl2N5O2/c1-14-7-9-16(10-8-14)29-19(11-15(2)27-29)25-20(30)12-28(3)13-21(31)26-22-17(23)5-4-6-18(22)24/h4-11H,12-13H2,1-3H3,(H,25,30)(H,26,31). The topological polar surface area (TPSA) is 79.3 Å². The molecule has 162 valence electrons. The highest BCUT2D eigenvalue weighted by atomic mass is 35.5. The summed E-state index contributed by atoms with van der Waals surface area (Å²) in [6.45, 7) is 3.87. The Kier molecular flexibility index (Phi) is 7.33. The number of aryl methyl sites for hydroxylation is 2. The first-order valence-corrected chi connectivity index (χ1v) is 10.3. The van der Waals surface area contributed by atoms with Gasteiger partial charge in [-0.1, -0.05) is 47.0 Å². The number of amides is 2. The molecule has 0 unspecified atom stereocenters. The van der Waals surface area contributed by atoms with Crippen LogP contribution in [0.2, 0.25) is 10.0 Å². The summed E-state index contributed by atoms with van der Waals surface area (Å²) in [6.07, 6.45) is 0. The molecule has 9 heteroatoms. The number of halogens is 2. The van der Waals surface area contributed by atoms with Crippen molar-refractivity contribution >= 4 is 46.5 Å². The summed E-state index contributed by atoms with van der Waals surface area (Å²) in [5.74, 6) is -0.0303. The normalized spacial score (nSPS) is 10.9. The van der Waals surface area contributed by atoms with Gasteiger partial charge in [0.15, 0.2) is 0 Å². The molecule has 0 aliphatic heterocycles. The smallest absolute Gasteiger partial charge is 0.239 e. The van der Waals surface area contributed by atoms with Crippen LogP contribution in [0.5, 0.6) is 0 Å². The molecule has 7 nitrogen and oxygen atoms in total. The van der Waals surface area contributed by atoms with E-state index in [0.29, 0.717) is 21.6 Å². The number of carbonyl (C=O) groups is 2. The molecule has 0 atom stereocenters. The van der Waals surface area contributed by atoms with Crippen LogP contribution in [0.4, 0.5) is 11.5 Å². The van der Waals surface area contributed by atoms with Crippen molar-refractivity contribution in [1.29, 1.82) is 0 Å². The van der Waals surface area contributed by atoms with Crippen LogP contribution in [0.25, 0.3) is 5.69 Å². The molecule has 0 aliphatic rings. The van der Waals surface area contributed by atoms with Crippen molar-refractivity contribution in [3.8, 4) is 5.69 Å². The molecule has 0 saturated carbocycles. The van der Waals surface area contributed by atoms with Crippen LogP contribution in [0.15, 0.2) is 48.5 Å². The van der Waals surface area contributed by atoms with Gasteiger partial charge in [-0.3, -0.25) is 14.5 Å². The van der Waals surface area contributed by atoms with E-state index >= 15 is 0 Å². The first kappa shape index (κ1) is 22.8. The van der Waals surface area contributed by atoms with Crippen molar-refractivity contribution in [3.05, 3.63) is 69.8 Å². The summed E-state index contributed by atoms with van der Waals surface area (Å²) in [4.78, 5) is 26.5. The second-order valence-electron chi connectivity index (χ2n) is 7.28. The van der Waals surface area contributed by atoms with E-state index in [4.69, 9.17) is 23.2 Å². The molecular weight excluding hydrogens is 437 g/mol.